The molecule has 1 aromatic heterocycles. The Kier molecular flexibility index (Phi) is 8.20. The van der Waals surface area contributed by atoms with Gasteiger partial charge in [-0.05, 0) is 101 Å². The van der Waals surface area contributed by atoms with E-state index < -0.39 is 0 Å². The summed E-state index contributed by atoms with van der Waals surface area (Å²) in [4.78, 5) is 10.5. The Morgan fingerprint density at radius 1 is 0.322 bits per heavy atom. The third kappa shape index (κ3) is 5.96. The minimum atomic E-state index is -0.0484. The highest BCUT2D eigenvalue weighted by molar-refractivity contribution is 6.05. The van der Waals surface area contributed by atoms with Crippen molar-refractivity contribution in [3.8, 4) is 78.4 Å². The second-order valence-corrected chi connectivity index (χ2v) is 16.2. The summed E-state index contributed by atoms with van der Waals surface area (Å²) in [6.07, 6.45) is 0. The van der Waals surface area contributed by atoms with E-state index in [1.54, 1.807) is 0 Å². The van der Waals surface area contributed by atoms with Gasteiger partial charge in [-0.2, -0.15) is 0 Å². The SMILES string of the molecule is CC1(C)c2ccc(-c3ccc(-c4ccc(-c5nc(-c6ccccc6)cc(-c6cccc(-c7ccccc7)c6)n5)c5ccccc45)cc3)cc2-c2c1ccc1ccccc21. The van der Waals surface area contributed by atoms with Crippen LogP contribution in [0.5, 0.6) is 0 Å². The molecule has 1 aliphatic carbocycles. The first-order valence-corrected chi connectivity index (χ1v) is 20.4. The van der Waals surface area contributed by atoms with Gasteiger partial charge in [-0.1, -0.05) is 196 Å². The van der Waals surface area contributed by atoms with Crippen LogP contribution in [0, 0.1) is 0 Å². The van der Waals surface area contributed by atoms with Crippen LogP contribution in [0.1, 0.15) is 25.0 Å². The first-order valence-electron chi connectivity index (χ1n) is 20.4. The minimum Gasteiger partial charge on any atom is -0.228 e. The summed E-state index contributed by atoms with van der Waals surface area (Å²) < 4.78 is 0. The molecule has 0 fully saturated rings. The highest BCUT2D eigenvalue weighted by Crippen LogP contribution is 2.52. The van der Waals surface area contributed by atoms with Crippen LogP contribution in [-0.4, -0.2) is 9.97 Å². The smallest absolute Gasteiger partial charge is 0.161 e. The van der Waals surface area contributed by atoms with Gasteiger partial charge in [-0.3, -0.25) is 0 Å². The molecule has 1 aliphatic rings. The fraction of sp³-hybridized carbons (Fsp3) is 0.0526. The predicted octanol–water partition coefficient (Wildman–Crippen LogP) is 15.1. The first-order chi connectivity index (χ1) is 29.0. The summed E-state index contributed by atoms with van der Waals surface area (Å²) >= 11 is 0. The normalized spacial score (nSPS) is 12.7. The Hall–Kier alpha value is -7.42. The van der Waals surface area contributed by atoms with Crippen molar-refractivity contribution in [3.63, 3.8) is 0 Å². The topological polar surface area (TPSA) is 25.8 Å². The molecule has 0 saturated heterocycles. The lowest BCUT2D eigenvalue weighted by Gasteiger charge is -2.21. The number of hydrogen-bond donors (Lipinski definition) is 0. The maximum atomic E-state index is 5.29. The van der Waals surface area contributed by atoms with E-state index in [9.17, 15) is 0 Å². The van der Waals surface area contributed by atoms with E-state index in [1.807, 2.05) is 6.07 Å². The Labute approximate surface area is 345 Å². The monoisotopic (exact) mass is 752 g/mol. The molecule has 11 rings (SSSR count). The van der Waals surface area contributed by atoms with E-state index in [-0.39, 0.29) is 5.41 Å². The van der Waals surface area contributed by atoms with Gasteiger partial charge in [0, 0.05) is 22.1 Å². The molecule has 0 spiro atoms. The maximum absolute atomic E-state index is 5.29. The maximum Gasteiger partial charge on any atom is 0.161 e. The van der Waals surface area contributed by atoms with Crippen molar-refractivity contribution < 1.29 is 0 Å². The molecule has 2 heteroatoms. The highest BCUT2D eigenvalue weighted by Gasteiger charge is 2.36. The van der Waals surface area contributed by atoms with E-state index in [4.69, 9.17) is 9.97 Å². The van der Waals surface area contributed by atoms with Crippen LogP contribution in [0.25, 0.3) is 100.0 Å². The summed E-state index contributed by atoms with van der Waals surface area (Å²) in [6, 6.07) is 74.3. The molecule has 0 unspecified atom stereocenters. The molecule has 2 nitrogen and oxygen atoms in total. The summed E-state index contributed by atoms with van der Waals surface area (Å²) in [7, 11) is 0. The lowest BCUT2D eigenvalue weighted by atomic mass is 9.82. The van der Waals surface area contributed by atoms with Gasteiger partial charge in [0.15, 0.2) is 5.82 Å². The fourth-order valence-corrected chi connectivity index (χ4v) is 9.25. The third-order valence-corrected chi connectivity index (χ3v) is 12.3. The number of nitrogens with zero attached hydrogens (tertiary/aromatic N) is 2. The van der Waals surface area contributed by atoms with Crippen LogP contribution in [0.4, 0.5) is 0 Å². The Morgan fingerprint density at radius 3 is 1.61 bits per heavy atom. The number of fused-ring (bicyclic) bond motifs is 6. The Morgan fingerprint density at radius 2 is 0.847 bits per heavy atom. The quantitative estimate of drug-likeness (QED) is 0.169. The van der Waals surface area contributed by atoms with Gasteiger partial charge in [-0.25, -0.2) is 9.97 Å². The standard InChI is InChI=1S/C57H40N2/c1-57(2)51-32-29-43(35-50(51)55-46-21-10-9-16-39(46)28-33-52(55)57)38-24-26-40(27-25-38)45-30-31-49(48-23-12-11-22-47(45)48)56-58-53(41-17-7-4-8-18-41)36-54(59-56)44-20-13-19-42(34-44)37-14-5-3-6-15-37/h3-36H,1-2H3. The van der Waals surface area contributed by atoms with E-state index in [0.29, 0.717) is 5.82 Å². The van der Waals surface area contributed by atoms with Gasteiger partial charge in [-0.15, -0.1) is 0 Å². The molecule has 0 bridgehead atoms. The van der Waals surface area contributed by atoms with E-state index in [1.165, 1.54) is 66.2 Å². The molecule has 9 aromatic carbocycles. The Bertz CT molecular complexity index is 3220. The van der Waals surface area contributed by atoms with Crippen molar-refractivity contribution in [2.45, 2.75) is 19.3 Å². The highest BCUT2D eigenvalue weighted by atomic mass is 14.9. The minimum absolute atomic E-state index is 0.0484. The largest absolute Gasteiger partial charge is 0.228 e. The van der Waals surface area contributed by atoms with Gasteiger partial charge < -0.3 is 0 Å². The molecule has 278 valence electrons. The van der Waals surface area contributed by atoms with Crippen LogP contribution in [0.15, 0.2) is 206 Å². The number of aromatic nitrogens is 2. The van der Waals surface area contributed by atoms with Gasteiger partial charge in [0.2, 0.25) is 0 Å². The third-order valence-electron chi connectivity index (χ3n) is 12.3. The zero-order chi connectivity index (χ0) is 39.5. The van der Waals surface area contributed by atoms with Gasteiger partial charge in [0.05, 0.1) is 11.4 Å². The molecule has 1 heterocycles. The molecule has 0 atom stereocenters. The molecule has 0 aliphatic heterocycles. The predicted molar refractivity (Wildman–Crippen MR) is 247 cm³/mol. The summed E-state index contributed by atoms with van der Waals surface area (Å²) in [5.74, 6) is 0.707. The molecule has 0 amide bonds. The summed E-state index contributed by atoms with van der Waals surface area (Å²) in [5.41, 5.74) is 17.5. The lowest BCUT2D eigenvalue weighted by molar-refractivity contribution is 0.661. The van der Waals surface area contributed by atoms with E-state index in [2.05, 4.69) is 214 Å². The number of benzene rings is 9. The molecule has 59 heavy (non-hydrogen) atoms. The Balaban J connectivity index is 0.985. The first kappa shape index (κ1) is 34.8. The molecular formula is C57H40N2. The van der Waals surface area contributed by atoms with Crippen LogP contribution >= 0.6 is 0 Å². The van der Waals surface area contributed by atoms with Crippen molar-refractivity contribution in [1.29, 1.82) is 0 Å². The number of rotatable bonds is 6. The lowest BCUT2D eigenvalue weighted by Crippen LogP contribution is -2.14. The van der Waals surface area contributed by atoms with Crippen molar-refractivity contribution in [2.75, 3.05) is 0 Å². The second kappa shape index (κ2) is 13.9. The molecule has 0 N–H and O–H groups in total. The van der Waals surface area contributed by atoms with E-state index >= 15 is 0 Å². The number of hydrogen-bond acceptors (Lipinski definition) is 2. The van der Waals surface area contributed by atoms with Crippen molar-refractivity contribution in [3.05, 3.63) is 217 Å². The summed E-state index contributed by atoms with van der Waals surface area (Å²) in [5, 5.41) is 4.90. The van der Waals surface area contributed by atoms with E-state index in [0.717, 1.165) is 39.0 Å². The second-order valence-electron chi connectivity index (χ2n) is 16.2. The molecular weight excluding hydrogens is 713 g/mol. The van der Waals surface area contributed by atoms with Crippen molar-refractivity contribution in [2.24, 2.45) is 0 Å². The van der Waals surface area contributed by atoms with Gasteiger partial charge in [0.25, 0.3) is 0 Å². The molecule has 10 aromatic rings. The van der Waals surface area contributed by atoms with Crippen LogP contribution in [0.2, 0.25) is 0 Å². The van der Waals surface area contributed by atoms with Crippen LogP contribution in [-0.2, 0) is 5.41 Å². The zero-order valence-electron chi connectivity index (χ0n) is 33.0. The van der Waals surface area contributed by atoms with Crippen molar-refractivity contribution >= 4 is 21.5 Å². The fourth-order valence-electron chi connectivity index (χ4n) is 9.25. The van der Waals surface area contributed by atoms with Gasteiger partial charge >= 0.3 is 0 Å². The molecule has 0 radical (unpaired) electrons. The van der Waals surface area contributed by atoms with Crippen LogP contribution < -0.4 is 0 Å². The summed E-state index contributed by atoms with van der Waals surface area (Å²) in [6.45, 7) is 4.71. The average Bonchev–Trinajstić information content (AvgIpc) is 3.54. The van der Waals surface area contributed by atoms with Crippen molar-refractivity contribution in [1.82, 2.24) is 9.97 Å². The van der Waals surface area contributed by atoms with Crippen LogP contribution in [0.3, 0.4) is 0 Å². The average molecular weight is 753 g/mol. The molecule has 0 saturated carbocycles. The van der Waals surface area contributed by atoms with Gasteiger partial charge in [0.1, 0.15) is 0 Å². The zero-order valence-corrected chi connectivity index (χ0v) is 33.0.